The maximum atomic E-state index is 11.7. The highest BCUT2D eigenvalue weighted by Gasteiger charge is 2.31. The molecule has 2 unspecified atom stereocenters. The van der Waals surface area contributed by atoms with Gasteiger partial charge in [-0.2, -0.15) is 10.4 Å². The third kappa shape index (κ3) is 4.66. The first-order chi connectivity index (χ1) is 16.6. The van der Waals surface area contributed by atoms with Crippen molar-refractivity contribution in [2.24, 2.45) is 0 Å². The molecule has 9 heteroatoms. The second-order valence-electron chi connectivity index (χ2n) is 7.84. The van der Waals surface area contributed by atoms with Crippen molar-refractivity contribution in [2.75, 3.05) is 31.2 Å². The number of anilines is 1. The maximum Gasteiger partial charge on any atom is 0.295 e. The molecule has 3 aromatic heterocycles. The molecular weight excluding hydrogens is 432 g/mol. The number of fused-ring (bicyclic) bond motifs is 1. The Morgan fingerprint density at radius 2 is 2.18 bits per heavy atom. The van der Waals surface area contributed by atoms with Crippen molar-refractivity contribution in [3.8, 4) is 35.3 Å². The largest absolute Gasteiger partial charge is 0.492 e. The van der Waals surface area contributed by atoms with Crippen molar-refractivity contribution in [3.05, 3.63) is 42.4 Å². The number of terminal acetylenes is 1. The van der Waals surface area contributed by atoms with Crippen molar-refractivity contribution in [3.63, 3.8) is 0 Å². The van der Waals surface area contributed by atoms with Crippen molar-refractivity contribution < 1.29 is 14.3 Å². The molecule has 1 aliphatic heterocycles. The molecule has 0 saturated carbocycles. The van der Waals surface area contributed by atoms with E-state index in [4.69, 9.17) is 20.9 Å². The predicted molar refractivity (Wildman–Crippen MR) is 127 cm³/mol. The summed E-state index contributed by atoms with van der Waals surface area (Å²) in [6.07, 6.45) is 10.8. The van der Waals surface area contributed by atoms with Crippen LogP contribution in [-0.4, -0.2) is 59.0 Å². The Balaban J connectivity index is 1.60. The summed E-state index contributed by atoms with van der Waals surface area (Å²) in [6, 6.07) is 7.90. The number of hydrogen-bond acceptors (Lipinski definition) is 7. The molecule has 0 aromatic carbocycles. The lowest BCUT2D eigenvalue weighted by molar-refractivity contribution is -0.117. The lowest BCUT2D eigenvalue weighted by Crippen LogP contribution is -2.55. The highest BCUT2D eigenvalue weighted by molar-refractivity contribution is 5.93. The van der Waals surface area contributed by atoms with E-state index in [2.05, 4.69) is 27.3 Å². The van der Waals surface area contributed by atoms with E-state index in [-0.39, 0.29) is 12.1 Å². The molecule has 0 bridgehead atoms. The van der Waals surface area contributed by atoms with Crippen molar-refractivity contribution in [2.45, 2.75) is 32.4 Å². The average Bonchev–Trinajstić information content (AvgIpc) is 3.28. The SMILES string of the molecule is C#CC(=O)NC1CCN(c2ccc(-c3cc(OCC)cn4ncc(C#N)c34)cn2)CC1OCC. The predicted octanol–water partition coefficient (Wildman–Crippen LogP) is 2.40. The van der Waals surface area contributed by atoms with Gasteiger partial charge in [0.1, 0.15) is 17.6 Å². The second kappa shape index (κ2) is 10.2. The van der Waals surface area contributed by atoms with Crippen LogP contribution >= 0.6 is 0 Å². The fraction of sp³-hybridized carbons (Fsp3) is 0.360. The van der Waals surface area contributed by atoms with E-state index in [0.29, 0.717) is 49.6 Å². The zero-order chi connectivity index (χ0) is 24.1. The van der Waals surface area contributed by atoms with Crippen LogP contribution in [-0.2, 0) is 9.53 Å². The first kappa shape index (κ1) is 23.1. The van der Waals surface area contributed by atoms with E-state index < -0.39 is 5.91 Å². The average molecular weight is 459 g/mol. The number of piperidine rings is 1. The number of amides is 1. The Morgan fingerprint density at radius 3 is 2.85 bits per heavy atom. The number of rotatable bonds is 7. The lowest BCUT2D eigenvalue weighted by Gasteiger charge is -2.38. The maximum absolute atomic E-state index is 11.7. The Morgan fingerprint density at radius 1 is 1.32 bits per heavy atom. The molecule has 2 atom stereocenters. The number of ether oxygens (including phenoxy) is 2. The lowest BCUT2D eigenvalue weighted by atomic mass is 10.0. The number of pyridine rings is 2. The van der Waals surface area contributed by atoms with Gasteiger partial charge in [0.25, 0.3) is 5.91 Å². The van der Waals surface area contributed by atoms with E-state index in [1.54, 1.807) is 23.1 Å². The van der Waals surface area contributed by atoms with Crippen LogP contribution < -0.4 is 15.0 Å². The van der Waals surface area contributed by atoms with E-state index in [1.807, 2.05) is 32.0 Å². The van der Waals surface area contributed by atoms with Gasteiger partial charge in [-0.3, -0.25) is 4.79 Å². The van der Waals surface area contributed by atoms with E-state index in [0.717, 1.165) is 16.9 Å². The quantitative estimate of drug-likeness (QED) is 0.542. The van der Waals surface area contributed by atoms with Gasteiger partial charge in [0.05, 0.1) is 42.2 Å². The smallest absolute Gasteiger partial charge is 0.295 e. The normalized spacial score (nSPS) is 17.7. The molecule has 34 heavy (non-hydrogen) atoms. The molecule has 4 rings (SSSR count). The summed E-state index contributed by atoms with van der Waals surface area (Å²) in [6.45, 7) is 6.19. The molecular formula is C25H26N6O3. The number of nitriles is 1. The van der Waals surface area contributed by atoms with Crippen LogP contribution in [0.3, 0.4) is 0 Å². The van der Waals surface area contributed by atoms with Crippen LogP contribution in [0.2, 0.25) is 0 Å². The third-order valence-electron chi connectivity index (χ3n) is 5.79. The number of nitrogens with zero attached hydrogens (tertiary/aromatic N) is 5. The van der Waals surface area contributed by atoms with Crippen LogP contribution in [0.1, 0.15) is 25.8 Å². The standard InChI is InChI=1S/C25H26N6O3/c1-4-24(32)29-21-9-10-30(16-22(21)34-6-3)23-8-7-17(13-27-23)20-11-19(33-5-2)15-31-25(20)18(12-26)14-28-31/h1,7-8,11,13-15,21-22H,5-6,9-10,16H2,2-3H3,(H,29,32). The van der Waals surface area contributed by atoms with Crippen LogP contribution in [0.4, 0.5) is 5.82 Å². The van der Waals surface area contributed by atoms with Crippen LogP contribution in [0.15, 0.2) is 36.8 Å². The molecule has 174 valence electrons. The zero-order valence-corrected chi connectivity index (χ0v) is 19.2. The summed E-state index contributed by atoms with van der Waals surface area (Å²) >= 11 is 0. The number of hydrogen-bond donors (Lipinski definition) is 1. The summed E-state index contributed by atoms with van der Waals surface area (Å²) in [4.78, 5) is 18.5. The summed E-state index contributed by atoms with van der Waals surface area (Å²) in [7, 11) is 0. The van der Waals surface area contributed by atoms with Crippen molar-refractivity contribution in [1.82, 2.24) is 19.9 Å². The van der Waals surface area contributed by atoms with Gasteiger partial charge >= 0.3 is 0 Å². The number of nitrogens with one attached hydrogen (secondary N) is 1. The fourth-order valence-electron chi connectivity index (χ4n) is 4.26. The molecule has 4 heterocycles. The number of aromatic nitrogens is 3. The van der Waals surface area contributed by atoms with E-state index in [9.17, 15) is 10.1 Å². The zero-order valence-electron chi connectivity index (χ0n) is 19.2. The van der Waals surface area contributed by atoms with Crippen molar-refractivity contribution in [1.29, 1.82) is 5.26 Å². The van der Waals surface area contributed by atoms with Crippen LogP contribution in [0.5, 0.6) is 5.75 Å². The highest BCUT2D eigenvalue weighted by Crippen LogP contribution is 2.31. The number of carbonyl (C=O) groups is 1. The summed E-state index contributed by atoms with van der Waals surface area (Å²) in [5.41, 5.74) is 2.87. The molecule has 1 amide bonds. The molecule has 0 aliphatic carbocycles. The van der Waals surface area contributed by atoms with Gasteiger partial charge in [-0.15, -0.1) is 6.42 Å². The Kier molecular flexibility index (Phi) is 6.95. The van der Waals surface area contributed by atoms with Crippen LogP contribution in [0, 0.1) is 23.7 Å². The van der Waals surface area contributed by atoms with Crippen LogP contribution in [0.25, 0.3) is 16.6 Å². The molecule has 1 saturated heterocycles. The first-order valence-electron chi connectivity index (χ1n) is 11.2. The highest BCUT2D eigenvalue weighted by atomic mass is 16.5. The van der Waals surface area contributed by atoms with Gasteiger partial charge < -0.3 is 19.7 Å². The first-order valence-corrected chi connectivity index (χ1v) is 11.2. The van der Waals surface area contributed by atoms with Gasteiger partial charge in [-0.25, -0.2) is 9.50 Å². The molecule has 0 spiro atoms. The Bertz CT molecular complexity index is 1250. The van der Waals surface area contributed by atoms with E-state index >= 15 is 0 Å². The van der Waals surface area contributed by atoms with Gasteiger partial charge in [-0.05, 0) is 44.4 Å². The molecule has 1 aliphatic rings. The fourth-order valence-corrected chi connectivity index (χ4v) is 4.26. The van der Waals surface area contributed by atoms with Gasteiger partial charge in [0, 0.05) is 37.0 Å². The summed E-state index contributed by atoms with van der Waals surface area (Å²) < 4.78 is 13.2. The van der Waals surface area contributed by atoms with Crippen molar-refractivity contribution >= 4 is 17.2 Å². The van der Waals surface area contributed by atoms with Gasteiger partial charge in [0.15, 0.2) is 0 Å². The summed E-state index contributed by atoms with van der Waals surface area (Å²) in [5, 5.41) is 16.7. The third-order valence-corrected chi connectivity index (χ3v) is 5.79. The minimum atomic E-state index is -0.428. The minimum Gasteiger partial charge on any atom is -0.492 e. The molecule has 3 aromatic rings. The monoisotopic (exact) mass is 458 g/mol. The topological polar surface area (TPSA) is 105 Å². The molecule has 9 nitrogen and oxygen atoms in total. The Labute approximate surface area is 198 Å². The number of carbonyl (C=O) groups excluding carboxylic acids is 1. The van der Waals surface area contributed by atoms with Gasteiger partial charge in [0.2, 0.25) is 0 Å². The van der Waals surface area contributed by atoms with Gasteiger partial charge in [-0.1, -0.05) is 0 Å². The molecule has 1 fully saturated rings. The summed E-state index contributed by atoms with van der Waals surface area (Å²) in [5.74, 6) is 3.15. The second-order valence-corrected chi connectivity index (χ2v) is 7.84. The Hall–Kier alpha value is -4.08. The van der Waals surface area contributed by atoms with E-state index in [1.165, 1.54) is 0 Å². The molecule has 0 radical (unpaired) electrons. The minimum absolute atomic E-state index is 0.139. The molecule has 1 N–H and O–H groups in total.